The minimum atomic E-state index is -0.0274. The van der Waals surface area contributed by atoms with Crippen molar-refractivity contribution in [2.45, 2.75) is 25.8 Å². The lowest BCUT2D eigenvalue weighted by Gasteiger charge is -2.23. The minimum Gasteiger partial charge on any atom is -0.399 e. The summed E-state index contributed by atoms with van der Waals surface area (Å²) in [7, 11) is 0. The summed E-state index contributed by atoms with van der Waals surface area (Å²) in [6.45, 7) is 2.66. The summed E-state index contributed by atoms with van der Waals surface area (Å²) in [5.74, 6) is -0.00958. The smallest absolute Gasteiger partial charge is 0.254 e. The van der Waals surface area contributed by atoms with E-state index in [0.29, 0.717) is 11.3 Å². The number of hydrogen-bond acceptors (Lipinski definition) is 3. The number of nitrogens with two attached hydrogens (primary N) is 1. The second kappa shape index (κ2) is 4.75. The zero-order chi connectivity index (χ0) is 12.4. The third-order valence-electron chi connectivity index (χ3n) is 3.37. The molecule has 1 aliphatic heterocycles. The van der Waals surface area contributed by atoms with Crippen molar-refractivity contribution >= 4 is 11.6 Å². The number of anilines is 1. The molecule has 1 atom stereocenters. The number of rotatable bonds is 2. The average Bonchev–Trinajstić information content (AvgIpc) is 2.80. The third-order valence-corrected chi connectivity index (χ3v) is 3.37. The van der Waals surface area contributed by atoms with Crippen molar-refractivity contribution in [3.05, 3.63) is 29.3 Å². The Morgan fingerprint density at radius 1 is 1.59 bits per heavy atom. The van der Waals surface area contributed by atoms with Crippen LogP contribution in [0.25, 0.3) is 0 Å². The number of aliphatic hydroxyl groups excluding tert-OH is 1. The highest BCUT2D eigenvalue weighted by molar-refractivity contribution is 5.95. The summed E-state index contributed by atoms with van der Waals surface area (Å²) in [4.78, 5) is 14.0. The van der Waals surface area contributed by atoms with E-state index in [0.717, 1.165) is 24.9 Å². The molecule has 0 unspecified atom stereocenters. The van der Waals surface area contributed by atoms with Crippen LogP contribution in [-0.2, 0) is 0 Å². The molecule has 1 aromatic rings. The van der Waals surface area contributed by atoms with E-state index in [-0.39, 0.29) is 18.6 Å². The first-order chi connectivity index (χ1) is 8.13. The van der Waals surface area contributed by atoms with Gasteiger partial charge in [-0.2, -0.15) is 0 Å². The Morgan fingerprint density at radius 3 is 3.00 bits per heavy atom. The van der Waals surface area contributed by atoms with Gasteiger partial charge < -0.3 is 15.7 Å². The highest BCUT2D eigenvalue weighted by atomic mass is 16.3. The molecule has 1 heterocycles. The van der Waals surface area contributed by atoms with Crippen molar-refractivity contribution in [1.82, 2.24) is 4.90 Å². The predicted octanol–water partition coefficient (Wildman–Crippen LogP) is 1.17. The van der Waals surface area contributed by atoms with Gasteiger partial charge in [0, 0.05) is 17.8 Å². The number of benzene rings is 1. The van der Waals surface area contributed by atoms with Crippen LogP contribution in [0.15, 0.2) is 18.2 Å². The van der Waals surface area contributed by atoms with E-state index in [9.17, 15) is 9.90 Å². The largest absolute Gasteiger partial charge is 0.399 e. The van der Waals surface area contributed by atoms with Gasteiger partial charge in [-0.15, -0.1) is 0 Å². The summed E-state index contributed by atoms with van der Waals surface area (Å²) < 4.78 is 0. The second-order valence-corrected chi connectivity index (χ2v) is 4.55. The first kappa shape index (κ1) is 11.9. The molecule has 1 aromatic carbocycles. The minimum absolute atomic E-state index is 0.00958. The normalized spacial score (nSPS) is 19.6. The van der Waals surface area contributed by atoms with Crippen molar-refractivity contribution in [1.29, 1.82) is 0 Å². The molecule has 0 radical (unpaired) electrons. The van der Waals surface area contributed by atoms with Crippen molar-refractivity contribution in [3.8, 4) is 0 Å². The van der Waals surface area contributed by atoms with E-state index in [1.54, 1.807) is 17.0 Å². The van der Waals surface area contributed by atoms with Gasteiger partial charge in [0.15, 0.2) is 0 Å². The lowest BCUT2D eigenvalue weighted by molar-refractivity contribution is 0.0677. The van der Waals surface area contributed by atoms with Crippen molar-refractivity contribution in [2.24, 2.45) is 0 Å². The van der Waals surface area contributed by atoms with Crippen LogP contribution in [0.3, 0.4) is 0 Å². The molecular formula is C13H18N2O2. The van der Waals surface area contributed by atoms with Gasteiger partial charge in [-0.1, -0.05) is 0 Å². The molecule has 0 spiro atoms. The summed E-state index contributed by atoms with van der Waals surface area (Å²) >= 11 is 0. The average molecular weight is 234 g/mol. The predicted molar refractivity (Wildman–Crippen MR) is 66.7 cm³/mol. The van der Waals surface area contributed by atoms with Crippen molar-refractivity contribution < 1.29 is 9.90 Å². The maximum absolute atomic E-state index is 12.3. The fourth-order valence-corrected chi connectivity index (χ4v) is 2.27. The number of aryl methyl sites for hydroxylation is 1. The molecule has 1 aliphatic rings. The Hall–Kier alpha value is -1.55. The second-order valence-electron chi connectivity index (χ2n) is 4.55. The number of carbonyl (C=O) groups excluding carboxylic acids is 1. The maximum Gasteiger partial charge on any atom is 0.254 e. The van der Waals surface area contributed by atoms with E-state index in [4.69, 9.17) is 5.73 Å². The number of likely N-dealkylation sites (tertiary alicyclic amines) is 1. The van der Waals surface area contributed by atoms with Crippen LogP contribution in [0.1, 0.15) is 28.8 Å². The van der Waals surface area contributed by atoms with Crippen LogP contribution >= 0.6 is 0 Å². The van der Waals surface area contributed by atoms with Crippen molar-refractivity contribution in [2.75, 3.05) is 18.9 Å². The summed E-state index contributed by atoms with van der Waals surface area (Å²) in [5, 5.41) is 9.22. The Morgan fingerprint density at radius 2 is 2.35 bits per heavy atom. The first-order valence-corrected chi connectivity index (χ1v) is 5.91. The molecule has 0 aliphatic carbocycles. The number of nitrogen functional groups attached to an aromatic ring is 1. The topological polar surface area (TPSA) is 66.6 Å². The molecule has 4 heteroatoms. The monoisotopic (exact) mass is 234 g/mol. The fraction of sp³-hybridized carbons (Fsp3) is 0.462. The molecular weight excluding hydrogens is 216 g/mol. The lowest BCUT2D eigenvalue weighted by Crippen LogP contribution is -2.37. The van der Waals surface area contributed by atoms with Gasteiger partial charge in [-0.05, 0) is 43.5 Å². The number of nitrogens with zero attached hydrogens (tertiary/aromatic N) is 1. The lowest BCUT2D eigenvalue weighted by atomic mass is 10.1. The number of hydrogen-bond donors (Lipinski definition) is 2. The van der Waals surface area contributed by atoms with Crippen LogP contribution in [0.5, 0.6) is 0 Å². The number of carbonyl (C=O) groups is 1. The fourth-order valence-electron chi connectivity index (χ4n) is 2.27. The Balaban J connectivity index is 2.21. The van der Waals surface area contributed by atoms with Crippen LogP contribution in [0.4, 0.5) is 5.69 Å². The molecule has 0 bridgehead atoms. The molecule has 1 amide bonds. The quantitative estimate of drug-likeness (QED) is 0.755. The Bertz CT molecular complexity index is 431. The molecule has 0 aromatic heterocycles. The van der Waals surface area contributed by atoms with E-state index in [1.807, 2.05) is 13.0 Å². The molecule has 2 rings (SSSR count). The molecule has 3 N–H and O–H groups in total. The van der Waals surface area contributed by atoms with Crippen LogP contribution in [0.2, 0.25) is 0 Å². The summed E-state index contributed by atoms with van der Waals surface area (Å²) in [6, 6.07) is 5.29. The van der Waals surface area contributed by atoms with Gasteiger partial charge in [0.2, 0.25) is 0 Å². The van der Waals surface area contributed by atoms with Gasteiger partial charge in [0.1, 0.15) is 0 Å². The van der Waals surface area contributed by atoms with Gasteiger partial charge in [-0.3, -0.25) is 4.79 Å². The third kappa shape index (κ3) is 2.26. The molecule has 92 valence electrons. The van der Waals surface area contributed by atoms with Gasteiger partial charge >= 0.3 is 0 Å². The molecule has 4 nitrogen and oxygen atoms in total. The van der Waals surface area contributed by atoms with E-state index < -0.39 is 0 Å². The highest BCUT2D eigenvalue weighted by Gasteiger charge is 2.28. The maximum atomic E-state index is 12.3. The van der Waals surface area contributed by atoms with Gasteiger partial charge in [0.25, 0.3) is 5.91 Å². The summed E-state index contributed by atoms with van der Waals surface area (Å²) in [6.07, 6.45) is 1.85. The Labute approximate surface area is 101 Å². The van der Waals surface area contributed by atoms with Crippen LogP contribution < -0.4 is 5.73 Å². The zero-order valence-corrected chi connectivity index (χ0v) is 10.0. The van der Waals surface area contributed by atoms with Crippen molar-refractivity contribution in [3.63, 3.8) is 0 Å². The van der Waals surface area contributed by atoms with E-state index >= 15 is 0 Å². The first-order valence-electron chi connectivity index (χ1n) is 5.91. The number of aliphatic hydroxyl groups is 1. The van der Waals surface area contributed by atoms with Gasteiger partial charge in [-0.25, -0.2) is 0 Å². The van der Waals surface area contributed by atoms with E-state index in [1.165, 1.54) is 0 Å². The molecule has 1 saturated heterocycles. The van der Waals surface area contributed by atoms with Crippen LogP contribution in [-0.4, -0.2) is 35.1 Å². The Kier molecular flexibility index (Phi) is 3.33. The highest BCUT2D eigenvalue weighted by Crippen LogP contribution is 2.21. The van der Waals surface area contributed by atoms with Gasteiger partial charge in [0.05, 0.1) is 12.6 Å². The molecule has 1 fully saturated rings. The van der Waals surface area contributed by atoms with E-state index in [2.05, 4.69) is 0 Å². The zero-order valence-electron chi connectivity index (χ0n) is 10.0. The number of amides is 1. The molecule has 0 saturated carbocycles. The van der Waals surface area contributed by atoms with Crippen LogP contribution in [0, 0.1) is 6.92 Å². The molecule has 17 heavy (non-hydrogen) atoms. The summed E-state index contributed by atoms with van der Waals surface area (Å²) in [5.41, 5.74) is 7.99. The standard InChI is InChI=1S/C13H18N2O2/c1-9-7-10(4-5-12(9)14)13(17)15-6-2-3-11(15)8-16/h4-5,7,11,16H,2-3,6,8,14H2,1H3/t11-/m1/s1. The SMILES string of the molecule is Cc1cc(C(=O)N2CCC[C@@H]2CO)ccc1N.